The maximum Gasteiger partial charge on any atom is 0.326 e. The Balaban J connectivity index is 1.35. The largest absolute Gasteiger partial charge is 0.493 e. The van der Waals surface area contributed by atoms with E-state index in [1.165, 1.54) is 11.8 Å². The van der Waals surface area contributed by atoms with Crippen LogP contribution in [0.1, 0.15) is 42.3 Å². The first kappa shape index (κ1) is 22.1. The molecule has 1 saturated heterocycles. The van der Waals surface area contributed by atoms with Gasteiger partial charge >= 0.3 is 5.69 Å². The fraction of sp³-hybridized carbons (Fsp3) is 0.435. The Kier molecular flexibility index (Phi) is 5.69. The topological polar surface area (TPSA) is 141 Å². The van der Waals surface area contributed by atoms with Crippen LogP contribution >= 0.6 is 11.8 Å². The number of amides is 1. The molecular weight excluding hydrogens is 470 g/mol. The van der Waals surface area contributed by atoms with Crippen LogP contribution in [-0.2, 0) is 9.53 Å². The minimum absolute atomic E-state index is 0.0152. The Labute approximate surface area is 203 Å². The lowest BCUT2D eigenvalue weighted by Crippen LogP contribution is -2.33. The van der Waals surface area contributed by atoms with Gasteiger partial charge in [-0.2, -0.15) is 9.61 Å². The van der Waals surface area contributed by atoms with Gasteiger partial charge in [0.25, 0.3) is 5.91 Å². The van der Waals surface area contributed by atoms with Gasteiger partial charge in [-0.15, -0.1) is 11.8 Å². The van der Waals surface area contributed by atoms with Crippen LogP contribution in [0.5, 0.6) is 5.88 Å². The van der Waals surface area contributed by atoms with Crippen molar-refractivity contribution < 1.29 is 14.6 Å². The molecule has 1 atom stereocenters. The number of ether oxygens (including phenoxy) is 1. The van der Waals surface area contributed by atoms with E-state index in [-0.39, 0.29) is 28.8 Å². The SMILES string of the molecule is O=C(C1=CCC(c2cc(=NC3CC3)n3ncc(=Cc4[nH]c(=O)[nH]c4O)c3n2)S1)N1CCCOCC1. The first-order valence-electron chi connectivity index (χ1n) is 11.7. The van der Waals surface area contributed by atoms with Crippen LogP contribution < -0.4 is 16.4 Å². The van der Waals surface area contributed by atoms with Gasteiger partial charge in [0, 0.05) is 31.0 Å². The number of allylic oxidation sites excluding steroid dienone is 1. The second-order valence-electron chi connectivity index (χ2n) is 8.89. The molecule has 11 nitrogen and oxygen atoms in total. The molecule has 3 N–H and O–H groups in total. The molecular formula is C23H25N7O4S. The van der Waals surface area contributed by atoms with Crippen LogP contribution in [0.4, 0.5) is 0 Å². The maximum atomic E-state index is 13.1. The molecule has 3 aromatic rings. The predicted molar refractivity (Wildman–Crippen MR) is 128 cm³/mol. The van der Waals surface area contributed by atoms with Crippen molar-refractivity contribution in [3.63, 3.8) is 0 Å². The summed E-state index contributed by atoms with van der Waals surface area (Å²) in [6.07, 6.45) is 8.91. The summed E-state index contributed by atoms with van der Waals surface area (Å²) in [5, 5.41) is 15.1. The average Bonchev–Trinajstić information content (AvgIpc) is 3.34. The van der Waals surface area contributed by atoms with Crippen molar-refractivity contribution in [2.45, 2.75) is 37.0 Å². The number of hydrogen-bond acceptors (Lipinski definition) is 8. The van der Waals surface area contributed by atoms with Crippen molar-refractivity contribution in [3.8, 4) is 5.88 Å². The molecule has 6 rings (SSSR count). The summed E-state index contributed by atoms with van der Waals surface area (Å²) in [6.45, 7) is 2.58. The summed E-state index contributed by atoms with van der Waals surface area (Å²) in [7, 11) is 0. The van der Waals surface area contributed by atoms with Gasteiger partial charge < -0.3 is 19.7 Å². The number of H-pyrrole nitrogens is 2. The van der Waals surface area contributed by atoms with Gasteiger partial charge in [-0.3, -0.25) is 14.8 Å². The molecule has 2 aliphatic heterocycles. The van der Waals surface area contributed by atoms with Gasteiger partial charge in [0.2, 0.25) is 5.88 Å². The molecule has 1 aliphatic carbocycles. The third-order valence-corrected chi connectivity index (χ3v) is 7.55. The van der Waals surface area contributed by atoms with Gasteiger partial charge in [-0.25, -0.2) is 9.78 Å². The van der Waals surface area contributed by atoms with Gasteiger partial charge in [-0.1, -0.05) is 6.08 Å². The second-order valence-corrected chi connectivity index (χ2v) is 10.1. The highest BCUT2D eigenvalue weighted by molar-refractivity contribution is 8.04. The normalized spacial score (nSPS) is 22.1. The Morgan fingerprint density at radius 1 is 1.29 bits per heavy atom. The standard InChI is InChI=1S/C23H25N7O4S/c31-21-16(27-23(33)28-21)10-13-12-24-30-19(25-14-2-3-14)11-15(26-20(13)30)17-4-5-18(35-17)22(32)29-6-1-8-34-9-7-29/h5,10-12,14,17,31H,1-4,6-9H2,(H2,27,28,33). The minimum atomic E-state index is -0.495. The Morgan fingerprint density at radius 2 is 2.17 bits per heavy atom. The first-order chi connectivity index (χ1) is 17.0. The highest BCUT2D eigenvalue weighted by atomic mass is 32.2. The Bertz CT molecular complexity index is 1490. The van der Waals surface area contributed by atoms with E-state index in [9.17, 15) is 14.7 Å². The lowest BCUT2D eigenvalue weighted by molar-refractivity contribution is -0.126. The molecule has 0 spiro atoms. The zero-order valence-corrected chi connectivity index (χ0v) is 19.8. The number of carbonyl (C=O) groups is 1. The van der Waals surface area contributed by atoms with E-state index >= 15 is 0 Å². The van der Waals surface area contributed by atoms with Crippen LogP contribution in [0.15, 0.2) is 33.0 Å². The van der Waals surface area contributed by atoms with Gasteiger partial charge in [0.05, 0.1) is 34.7 Å². The molecule has 1 saturated carbocycles. The summed E-state index contributed by atoms with van der Waals surface area (Å²) >= 11 is 1.53. The number of aromatic amines is 2. The molecule has 5 heterocycles. The highest BCUT2D eigenvalue weighted by Gasteiger charge is 2.29. The predicted octanol–water partition coefficient (Wildman–Crippen LogP) is 0.373. The van der Waals surface area contributed by atoms with Crippen LogP contribution in [0.2, 0.25) is 0 Å². The number of carbonyl (C=O) groups excluding carboxylic acids is 1. The van der Waals surface area contributed by atoms with E-state index < -0.39 is 5.69 Å². The van der Waals surface area contributed by atoms with Crippen LogP contribution in [0.3, 0.4) is 0 Å². The average molecular weight is 496 g/mol. The van der Waals surface area contributed by atoms with E-state index in [4.69, 9.17) is 14.7 Å². The fourth-order valence-electron chi connectivity index (χ4n) is 4.27. The highest BCUT2D eigenvalue weighted by Crippen LogP contribution is 2.43. The summed E-state index contributed by atoms with van der Waals surface area (Å²) in [5.74, 6) is -0.191. The second kappa shape index (κ2) is 9.00. The number of thioether (sulfide) groups is 1. The monoisotopic (exact) mass is 495 g/mol. The quantitative estimate of drug-likeness (QED) is 0.475. The molecule has 0 radical (unpaired) electrons. The minimum Gasteiger partial charge on any atom is -0.493 e. The molecule has 0 aromatic carbocycles. The van der Waals surface area contributed by atoms with Crippen molar-refractivity contribution in [1.82, 2.24) is 29.5 Å². The number of aromatic nitrogens is 5. The summed E-state index contributed by atoms with van der Waals surface area (Å²) in [6, 6.07) is 2.24. The third kappa shape index (κ3) is 4.50. The smallest absolute Gasteiger partial charge is 0.326 e. The number of nitrogens with zero attached hydrogens (tertiary/aromatic N) is 5. The molecule has 35 heavy (non-hydrogen) atoms. The summed E-state index contributed by atoms with van der Waals surface area (Å²) < 4.78 is 7.17. The molecule has 182 valence electrons. The van der Waals surface area contributed by atoms with Gasteiger partial charge in [0.1, 0.15) is 5.69 Å². The summed E-state index contributed by atoms with van der Waals surface area (Å²) in [4.78, 5) is 41.8. The zero-order chi connectivity index (χ0) is 23.9. The number of nitrogens with one attached hydrogen (secondary N) is 2. The Morgan fingerprint density at radius 3 is 2.97 bits per heavy atom. The van der Waals surface area contributed by atoms with Crippen LogP contribution in [0.25, 0.3) is 11.7 Å². The summed E-state index contributed by atoms with van der Waals surface area (Å²) in [5.41, 5.74) is 1.87. The van der Waals surface area contributed by atoms with Crippen molar-refractivity contribution >= 4 is 29.4 Å². The lowest BCUT2D eigenvalue weighted by atomic mass is 10.2. The van der Waals surface area contributed by atoms with Gasteiger partial charge in [-0.05, 0) is 31.8 Å². The van der Waals surface area contributed by atoms with Crippen LogP contribution in [-0.4, -0.2) is 72.8 Å². The van der Waals surface area contributed by atoms with E-state index in [0.29, 0.717) is 49.1 Å². The van der Waals surface area contributed by atoms with Crippen molar-refractivity contribution in [3.05, 3.63) is 55.8 Å². The number of hydrogen-bond donors (Lipinski definition) is 3. The molecule has 0 bridgehead atoms. The van der Waals surface area contributed by atoms with Crippen molar-refractivity contribution in [2.24, 2.45) is 4.99 Å². The van der Waals surface area contributed by atoms with Crippen molar-refractivity contribution in [1.29, 1.82) is 0 Å². The molecule has 2 fully saturated rings. The number of imidazole rings is 1. The zero-order valence-electron chi connectivity index (χ0n) is 18.9. The Hall–Kier alpha value is -3.38. The van der Waals surface area contributed by atoms with Crippen LogP contribution in [0, 0.1) is 0 Å². The lowest BCUT2D eigenvalue weighted by Gasteiger charge is -2.20. The van der Waals surface area contributed by atoms with Gasteiger partial charge in [0.15, 0.2) is 11.1 Å². The molecule has 1 unspecified atom stereocenters. The molecule has 12 heteroatoms. The van der Waals surface area contributed by atoms with E-state index in [1.807, 2.05) is 17.0 Å². The van der Waals surface area contributed by atoms with E-state index in [0.717, 1.165) is 29.9 Å². The molecule has 3 aliphatic rings. The van der Waals surface area contributed by atoms with E-state index in [2.05, 4.69) is 15.1 Å². The van der Waals surface area contributed by atoms with E-state index in [1.54, 1.807) is 16.8 Å². The third-order valence-electron chi connectivity index (χ3n) is 6.23. The maximum absolute atomic E-state index is 13.1. The molecule has 3 aromatic heterocycles. The van der Waals surface area contributed by atoms with Crippen molar-refractivity contribution in [2.75, 3.05) is 26.3 Å². The molecule has 1 amide bonds. The first-order valence-corrected chi connectivity index (χ1v) is 12.6. The number of fused-ring (bicyclic) bond motifs is 1. The number of rotatable bonds is 4. The fourth-order valence-corrected chi connectivity index (χ4v) is 5.43. The number of aromatic hydroxyl groups is 1.